The minimum absolute atomic E-state index is 0.310. The van der Waals surface area contributed by atoms with Crippen LogP contribution in [0.1, 0.15) is 40.4 Å². The molecule has 0 fully saturated rings. The van der Waals surface area contributed by atoms with Gasteiger partial charge in [0.1, 0.15) is 22.1 Å². The van der Waals surface area contributed by atoms with Crippen molar-refractivity contribution in [3.63, 3.8) is 0 Å². The number of pyridine rings is 1. The van der Waals surface area contributed by atoms with Crippen molar-refractivity contribution in [2.75, 3.05) is 6.54 Å². The lowest BCUT2D eigenvalue weighted by molar-refractivity contribution is -0.118. The van der Waals surface area contributed by atoms with Gasteiger partial charge in [-0.25, -0.2) is 9.97 Å². The van der Waals surface area contributed by atoms with E-state index in [1.165, 1.54) is 20.9 Å². The Kier molecular flexibility index (Phi) is 5.70. The van der Waals surface area contributed by atoms with Crippen molar-refractivity contribution in [2.24, 2.45) is 0 Å². The number of aromatic nitrogens is 4. The highest BCUT2D eigenvalue weighted by atomic mass is 32.1. The number of nitrogens with one attached hydrogen (secondary N) is 2. The minimum Gasteiger partial charge on any atom is -0.349 e. The first kappa shape index (κ1) is 19.5. The van der Waals surface area contributed by atoms with E-state index >= 15 is 0 Å². The molecule has 154 valence electrons. The molecular weight excluding hydrogens is 414 g/mol. The van der Waals surface area contributed by atoms with E-state index < -0.39 is 0 Å². The van der Waals surface area contributed by atoms with Crippen LogP contribution in [0.25, 0.3) is 20.8 Å². The predicted molar refractivity (Wildman–Crippen MR) is 121 cm³/mol. The third-order valence-corrected chi connectivity index (χ3v) is 7.72. The van der Waals surface area contributed by atoms with Crippen molar-refractivity contribution in [2.45, 2.75) is 45.1 Å². The van der Waals surface area contributed by atoms with Crippen LogP contribution in [0.4, 0.5) is 0 Å². The molecule has 30 heavy (non-hydrogen) atoms. The van der Waals surface area contributed by atoms with Crippen LogP contribution in [0.5, 0.6) is 0 Å². The van der Waals surface area contributed by atoms with Gasteiger partial charge in [0, 0.05) is 59.7 Å². The van der Waals surface area contributed by atoms with Gasteiger partial charge >= 0.3 is 0 Å². The molecule has 1 aliphatic rings. The number of Topliss-reactive ketones (excluding diaryl/α,β-unsaturated/α-hetero) is 1. The number of hydrogen-bond donors (Lipinski definition) is 2. The summed E-state index contributed by atoms with van der Waals surface area (Å²) in [6.45, 7) is 1.86. The number of ketones is 1. The fourth-order valence-corrected chi connectivity index (χ4v) is 6.42. The molecule has 0 amide bonds. The number of nitrogens with zero attached hydrogens (tertiary/aromatic N) is 3. The summed E-state index contributed by atoms with van der Waals surface area (Å²) in [5, 5.41) is 4.48. The summed E-state index contributed by atoms with van der Waals surface area (Å²) in [5.41, 5.74) is 3.52. The van der Waals surface area contributed by atoms with E-state index in [9.17, 15) is 4.79 Å². The normalized spacial score (nSPS) is 13.6. The second kappa shape index (κ2) is 8.75. The number of H-pyrrole nitrogens is 1. The molecule has 0 radical (unpaired) electrons. The van der Waals surface area contributed by atoms with E-state index in [-0.39, 0.29) is 0 Å². The first-order valence-corrected chi connectivity index (χ1v) is 12.0. The van der Waals surface area contributed by atoms with Crippen LogP contribution < -0.4 is 5.32 Å². The number of fused-ring (bicyclic) bond motifs is 2. The second-order valence-electron chi connectivity index (χ2n) is 7.55. The van der Waals surface area contributed by atoms with Gasteiger partial charge in [-0.05, 0) is 37.4 Å². The quantitative estimate of drug-likeness (QED) is 0.401. The summed E-state index contributed by atoms with van der Waals surface area (Å²) in [7, 11) is 0. The number of imidazole rings is 1. The molecule has 0 atom stereocenters. The van der Waals surface area contributed by atoms with Gasteiger partial charge < -0.3 is 10.3 Å². The third kappa shape index (κ3) is 4.08. The molecular formula is C22H23N5OS2. The summed E-state index contributed by atoms with van der Waals surface area (Å²) >= 11 is 3.49. The molecule has 5 rings (SSSR count). The summed E-state index contributed by atoms with van der Waals surface area (Å²) in [5.74, 6) is 1.30. The van der Waals surface area contributed by atoms with Gasteiger partial charge in [-0.1, -0.05) is 0 Å². The number of thiazole rings is 1. The van der Waals surface area contributed by atoms with E-state index in [0.29, 0.717) is 18.6 Å². The fourth-order valence-electron chi connectivity index (χ4n) is 3.97. The maximum absolute atomic E-state index is 12.8. The highest BCUT2D eigenvalue weighted by Crippen LogP contribution is 2.41. The second-order valence-corrected chi connectivity index (χ2v) is 9.77. The molecule has 0 aromatic carbocycles. The summed E-state index contributed by atoms with van der Waals surface area (Å²) < 4.78 is 1.14. The number of hydrogen-bond acceptors (Lipinski definition) is 7. The van der Waals surface area contributed by atoms with E-state index in [1.807, 2.05) is 24.7 Å². The zero-order valence-electron chi connectivity index (χ0n) is 16.6. The number of rotatable bonds is 8. The molecule has 0 saturated heterocycles. The molecule has 0 aliphatic carbocycles. The van der Waals surface area contributed by atoms with Crippen molar-refractivity contribution in [3.05, 3.63) is 52.0 Å². The van der Waals surface area contributed by atoms with Crippen LogP contribution in [0, 0.1) is 0 Å². The highest BCUT2D eigenvalue weighted by Gasteiger charge is 2.25. The molecule has 4 aromatic heterocycles. The van der Waals surface area contributed by atoms with Crippen LogP contribution in [0.3, 0.4) is 0 Å². The molecule has 0 spiro atoms. The molecule has 5 heterocycles. The first-order chi connectivity index (χ1) is 14.8. The maximum Gasteiger partial charge on any atom is 0.138 e. The largest absolute Gasteiger partial charge is 0.349 e. The molecule has 0 unspecified atom stereocenters. The molecule has 1 aliphatic heterocycles. The van der Waals surface area contributed by atoms with E-state index in [4.69, 9.17) is 4.98 Å². The lowest BCUT2D eigenvalue weighted by Gasteiger charge is -2.13. The van der Waals surface area contributed by atoms with Crippen LogP contribution in [0.15, 0.2) is 30.9 Å². The zero-order valence-corrected chi connectivity index (χ0v) is 18.2. The predicted octanol–water partition coefficient (Wildman–Crippen LogP) is 4.31. The van der Waals surface area contributed by atoms with Gasteiger partial charge in [0.25, 0.3) is 0 Å². The van der Waals surface area contributed by atoms with Gasteiger partial charge in [-0.2, -0.15) is 0 Å². The van der Waals surface area contributed by atoms with Crippen molar-refractivity contribution in [1.82, 2.24) is 25.3 Å². The van der Waals surface area contributed by atoms with E-state index in [0.717, 1.165) is 59.8 Å². The Labute approximate surface area is 182 Å². The topological polar surface area (TPSA) is 83.6 Å². The first-order valence-electron chi connectivity index (χ1n) is 10.3. The Bertz CT molecular complexity index is 1130. The molecule has 4 aromatic rings. The maximum atomic E-state index is 12.8. The lowest BCUT2D eigenvalue weighted by atomic mass is 10.00. The van der Waals surface area contributed by atoms with Crippen LogP contribution >= 0.6 is 22.7 Å². The fraction of sp³-hybridized carbons (Fsp3) is 0.364. The van der Waals surface area contributed by atoms with Gasteiger partial charge in [-0.15, -0.1) is 22.7 Å². The Morgan fingerprint density at radius 3 is 3.03 bits per heavy atom. The number of carbonyl (C=O) groups excluding carboxylic acids is 1. The molecule has 6 nitrogen and oxygen atoms in total. The van der Waals surface area contributed by atoms with Crippen LogP contribution in [-0.2, 0) is 30.6 Å². The molecule has 0 saturated carbocycles. The smallest absolute Gasteiger partial charge is 0.138 e. The Morgan fingerprint density at radius 1 is 1.20 bits per heavy atom. The van der Waals surface area contributed by atoms with Gasteiger partial charge in [0.2, 0.25) is 0 Å². The van der Waals surface area contributed by atoms with Crippen molar-refractivity contribution in [3.8, 4) is 10.6 Å². The van der Waals surface area contributed by atoms with E-state index in [1.54, 1.807) is 28.9 Å². The zero-order chi connectivity index (χ0) is 20.3. The van der Waals surface area contributed by atoms with E-state index in [2.05, 4.69) is 20.3 Å². The minimum atomic E-state index is 0.310. The van der Waals surface area contributed by atoms with Gasteiger partial charge in [-0.3, -0.25) is 9.78 Å². The van der Waals surface area contributed by atoms with Crippen molar-refractivity contribution >= 4 is 38.7 Å². The number of thiophene rings is 1. The number of carbonyl (C=O) groups is 1. The van der Waals surface area contributed by atoms with Crippen molar-refractivity contribution in [1.29, 1.82) is 0 Å². The average molecular weight is 438 g/mol. The van der Waals surface area contributed by atoms with Crippen LogP contribution in [0.2, 0.25) is 0 Å². The lowest BCUT2D eigenvalue weighted by Crippen LogP contribution is -2.22. The average Bonchev–Trinajstić information content (AvgIpc) is 3.48. The van der Waals surface area contributed by atoms with Gasteiger partial charge in [0.15, 0.2) is 0 Å². The molecule has 8 heteroatoms. The SMILES string of the molecule is O=C(CCCCc1ncc[nH]1)Cc1sc2c(c1-c1nc3cnccc3s1)CCNC2. The highest BCUT2D eigenvalue weighted by molar-refractivity contribution is 7.22. The molecule has 0 bridgehead atoms. The number of aromatic amines is 1. The van der Waals surface area contributed by atoms with Crippen LogP contribution in [-0.4, -0.2) is 32.3 Å². The summed E-state index contributed by atoms with van der Waals surface area (Å²) in [6, 6.07) is 2.01. The van der Waals surface area contributed by atoms with Crippen molar-refractivity contribution < 1.29 is 4.79 Å². The Hall–Kier alpha value is -2.42. The number of unbranched alkanes of at least 4 members (excludes halogenated alkanes) is 1. The standard InChI is InChI=1S/C22H23N5OS2/c28-14(3-1-2-4-20-25-9-10-26-20)11-18-21(15-5-7-24-13-19(15)29-18)22-27-16-12-23-8-6-17(16)30-22/h6,8-10,12,24H,1-5,7,11,13H2,(H,25,26). The van der Waals surface area contributed by atoms with Gasteiger partial charge in [0.05, 0.1) is 10.9 Å². The Balaban J connectivity index is 1.34. The monoisotopic (exact) mass is 437 g/mol. The third-order valence-electron chi connectivity index (χ3n) is 5.44. The summed E-state index contributed by atoms with van der Waals surface area (Å²) in [4.78, 5) is 31.7. The molecule has 2 N–H and O–H groups in total. The Morgan fingerprint density at radius 2 is 2.17 bits per heavy atom. The number of aryl methyl sites for hydroxylation is 1. The summed E-state index contributed by atoms with van der Waals surface area (Å²) in [6.07, 6.45) is 12.1.